The number of allylic oxidation sites excluding steroid dienone is 5. The summed E-state index contributed by atoms with van der Waals surface area (Å²) < 4.78 is 10.8. The van der Waals surface area contributed by atoms with Crippen molar-refractivity contribution in [1.29, 1.82) is 0 Å². The molecule has 0 aliphatic carbocycles. The van der Waals surface area contributed by atoms with Crippen LogP contribution in [0.3, 0.4) is 0 Å². The maximum Gasteiger partial charge on any atom is 0.410 e. The lowest BCUT2D eigenvalue weighted by atomic mass is 10.1. The third-order valence-corrected chi connectivity index (χ3v) is 5.03. The van der Waals surface area contributed by atoms with Gasteiger partial charge in [0.25, 0.3) is 0 Å². The van der Waals surface area contributed by atoms with E-state index in [1.54, 1.807) is 23.8 Å². The molecule has 5 heteroatoms. The number of hydrogen-bond donors (Lipinski definition) is 0. The minimum Gasteiger partial charge on any atom is -0.444 e. The normalized spacial score (nSPS) is 15.5. The first-order valence-electron chi connectivity index (χ1n) is 9.22. The number of ether oxygens (including phenoxy) is 2. The highest BCUT2D eigenvalue weighted by Gasteiger charge is 2.29. The second-order valence-corrected chi connectivity index (χ2v) is 9.03. The highest BCUT2D eigenvalue weighted by atomic mass is 32.2. The van der Waals surface area contributed by atoms with Crippen molar-refractivity contribution in [2.75, 3.05) is 26.8 Å². The van der Waals surface area contributed by atoms with E-state index in [1.165, 1.54) is 4.91 Å². The van der Waals surface area contributed by atoms with Crippen molar-refractivity contribution in [2.24, 2.45) is 0 Å². The number of carbonyl (C=O) groups is 1. The standard InChI is InChI=1S/C21H37NO3S/c1-9-12-13-14-18(10-2)26-21(7,17-24-8)15-16-22(11-3)19(23)25-20(4,5)6/h9-10,12-14H,11,15-17H2,1-8H3/b12-9-,14-13-,18-10+. The van der Waals surface area contributed by atoms with Crippen LogP contribution in [0.5, 0.6) is 0 Å². The summed E-state index contributed by atoms with van der Waals surface area (Å²) in [4.78, 5) is 15.3. The summed E-state index contributed by atoms with van der Waals surface area (Å²) in [5.74, 6) is 0. The average molecular weight is 384 g/mol. The number of rotatable bonds is 10. The highest BCUT2D eigenvalue weighted by Crippen LogP contribution is 2.36. The Hall–Kier alpha value is -1.20. The largest absolute Gasteiger partial charge is 0.444 e. The Labute approximate surface area is 164 Å². The summed E-state index contributed by atoms with van der Waals surface area (Å²) in [5, 5.41) is 0. The zero-order valence-corrected chi connectivity index (χ0v) is 18.6. The van der Waals surface area contributed by atoms with Gasteiger partial charge in [-0.2, -0.15) is 0 Å². The Morgan fingerprint density at radius 1 is 1.15 bits per heavy atom. The van der Waals surface area contributed by atoms with Gasteiger partial charge in [0.1, 0.15) is 5.60 Å². The third-order valence-electron chi connectivity index (χ3n) is 3.61. The summed E-state index contributed by atoms with van der Waals surface area (Å²) in [5.41, 5.74) is -0.481. The first-order valence-corrected chi connectivity index (χ1v) is 10.0. The summed E-state index contributed by atoms with van der Waals surface area (Å²) in [7, 11) is 1.72. The summed E-state index contributed by atoms with van der Waals surface area (Å²) >= 11 is 1.78. The molecule has 0 spiro atoms. The maximum atomic E-state index is 12.4. The van der Waals surface area contributed by atoms with Crippen LogP contribution in [-0.4, -0.2) is 48.1 Å². The first kappa shape index (κ1) is 24.8. The molecule has 0 aliphatic rings. The van der Waals surface area contributed by atoms with Gasteiger partial charge in [-0.25, -0.2) is 4.79 Å². The van der Waals surface area contributed by atoms with Crippen molar-refractivity contribution in [1.82, 2.24) is 4.90 Å². The predicted molar refractivity (Wildman–Crippen MR) is 114 cm³/mol. The Bertz CT molecular complexity index is 506. The summed E-state index contributed by atoms with van der Waals surface area (Å²) in [6.45, 7) is 15.7. The highest BCUT2D eigenvalue weighted by molar-refractivity contribution is 8.04. The van der Waals surface area contributed by atoms with E-state index in [9.17, 15) is 4.79 Å². The van der Waals surface area contributed by atoms with Crippen molar-refractivity contribution in [3.8, 4) is 0 Å². The van der Waals surface area contributed by atoms with Crippen molar-refractivity contribution >= 4 is 17.9 Å². The Morgan fingerprint density at radius 2 is 1.81 bits per heavy atom. The number of carbonyl (C=O) groups excluding carboxylic acids is 1. The quantitative estimate of drug-likeness (QED) is 0.446. The summed E-state index contributed by atoms with van der Waals surface area (Å²) in [6.07, 6.45) is 10.8. The molecule has 1 amide bonds. The predicted octanol–water partition coefficient (Wildman–Crippen LogP) is 5.81. The van der Waals surface area contributed by atoms with Gasteiger partial charge in [0.05, 0.1) is 6.61 Å². The van der Waals surface area contributed by atoms with Crippen LogP contribution in [0.4, 0.5) is 4.79 Å². The zero-order chi connectivity index (χ0) is 20.2. The topological polar surface area (TPSA) is 38.8 Å². The molecule has 0 bridgehead atoms. The number of amides is 1. The Kier molecular flexibility index (Phi) is 11.7. The molecule has 26 heavy (non-hydrogen) atoms. The van der Waals surface area contributed by atoms with Crippen molar-refractivity contribution < 1.29 is 14.3 Å². The zero-order valence-electron chi connectivity index (χ0n) is 17.8. The molecule has 0 aliphatic heterocycles. The minimum absolute atomic E-state index is 0.133. The molecule has 1 unspecified atom stereocenters. The first-order chi connectivity index (χ1) is 12.1. The van der Waals surface area contributed by atoms with Gasteiger partial charge in [0.2, 0.25) is 0 Å². The fraction of sp³-hybridized carbons (Fsp3) is 0.667. The fourth-order valence-corrected chi connectivity index (χ4v) is 3.47. The lowest BCUT2D eigenvalue weighted by molar-refractivity contribution is 0.0248. The second-order valence-electron chi connectivity index (χ2n) is 7.37. The van der Waals surface area contributed by atoms with Gasteiger partial charge >= 0.3 is 6.09 Å². The molecule has 0 aromatic rings. The molecule has 1 atom stereocenters. The number of hydrogen-bond acceptors (Lipinski definition) is 4. The van der Waals surface area contributed by atoms with Crippen molar-refractivity contribution in [2.45, 2.75) is 65.2 Å². The van der Waals surface area contributed by atoms with Crippen LogP contribution in [0, 0.1) is 0 Å². The van der Waals surface area contributed by atoms with E-state index < -0.39 is 5.60 Å². The molecular weight excluding hydrogens is 346 g/mol. The van der Waals surface area contributed by atoms with Crippen molar-refractivity contribution in [3.63, 3.8) is 0 Å². The lowest BCUT2D eigenvalue weighted by Crippen LogP contribution is -2.40. The van der Waals surface area contributed by atoms with Gasteiger partial charge in [-0.1, -0.05) is 24.3 Å². The van der Waals surface area contributed by atoms with E-state index in [2.05, 4.69) is 19.1 Å². The van der Waals surface area contributed by atoms with Crippen LogP contribution < -0.4 is 0 Å². The van der Waals surface area contributed by atoms with Crippen LogP contribution in [0.25, 0.3) is 0 Å². The molecular formula is C21H37NO3S. The maximum absolute atomic E-state index is 12.4. The minimum atomic E-state index is -0.481. The van der Waals surface area contributed by atoms with E-state index in [0.29, 0.717) is 19.7 Å². The second kappa shape index (κ2) is 12.2. The van der Waals surface area contributed by atoms with Crippen molar-refractivity contribution in [3.05, 3.63) is 35.3 Å². The van der Waals surface area contributed by atoms with Gasteiger partial charge < -0.3 is 14.4 Å². The molecule has 0 aromatic carbocycles. The van der Waals surface area contributed by atoms with Gasteiger partial charge in [-0.15, -0.1) is 11.8 Å². The third kappa shape index (κ3) is 10.7. The molecule has 0 saturated carbocycles. The monoisotopic (exact) mass is 383 g/mol. The molecule has 0 fully saturated rings. The van der Waals surface area contributed by atoms with Crippen LogP contribution in [0.15, 0.2) is 35.3 Å². The smallest absolute Gasteiger partial charge is 0.410 e. The SMILES string of the molecule is C\C=C/C=C\C(=C/C)SC(C)(CCN(CC)C(=O)OC(C)(C)C)COC. The van der Waals surface area contributed by atoms with E-state index >= 15 is 0 Å². The molecule has 0 aromatic heterocycles. The van der Waals surface area contributed by atoms with Crippen LogP contribution in [0.1, 0.15) is 54.9 Å². The van der Waals surface area contributed by atoms with Crippen LogP contribution in [0.2, 0.25) is 0 Å². The van der Waals surface area contributed by atoms with Crippen LogP contribution in [-0.2, 0) is 9.47 Å². The Balaban J connectivity index is 5.03. The molecule has 150 valence electrons. The number of methoxy groups -OCH3 is 1. The number of nitrogens with zero attached hydrogens (tertiary/aromatic N) is 1. The van der Waals surface area contributed by atoms with Crippen LogP contribution >= 0.6 is 11.8 Å². The molecule has 0 saturated heterocycles. The van der Waals surface area contributed by atoms with Gasteiger partial charge in [-0.05, 0) is 61.0 Å². The molecule has 0 N–H and O–H groups in total. The summed E-state index contributed by atoms with van der Waals surface area (Å²) in [6, 6.07) is 0. The van der Waals surface area contributed by atoms with Gasteiger partial charge in [0, 0.05) is 29.9 Å². The molecule has 0 rings (SSSR count). The lowest BCUT2D eigenvalue weighted by Gasteiger charge is -2.32. The Morgan fingerprint density at radius 3 is 2.27 bits per heavy atom. The van der Waals surface area contributed by atoms with E-state index in [-0.39, 0.29) is 10.8 Å². The average Bonchev–Trinajstić information content (AvgIpc) is 2.53. The van der Waals surface area contributed by atoms with Gasteiger partial charge in [0.15, 0.2) is 0 Å². The van der Waals surface area contributed by atoms with E-state index in [4.69, 9.17) is 9.47 Å². The molecule has 0 radical (unpaired) electrons. The van der Waals surface area contributed by atoms with E-state index in [1.807, 2.05) is 59.8 Å². The number of thioether (sulfide) groups is 1. The molecule has 0 heterocycles. The fourth-order valence-electron chi connectivity index (χ4n) is 2.27. The molecule has 4 nitrogen and oxygen atoms in total. The van der Waals surface area contributed by atoms with Gasteiger partial charge in [-0.3, -0.25) is 0 Å². The van der Waals surface area contributed by atoms with E-state index in [0.717, 1.165) is 6.42 Å².